The number of carbonyl (C=O) groups excluding carboxylic acids is 1. The highest BCUT2D eigenvalue weighted by Crippen LogP contribution is 2.17. The second-order valence-electron chi connectivity index (χ2n) is 6.50. The third-order valence-corrected chi connectivity index (χ3v) is 4.31. The number of phenolic OH excluding ortho intramolecular Hbond substituents is 1. The molecule has 138 valence electrons. The van der Waals surface area contributed by atoms with Crippen LogP contribution in [0.15, 0.2) is 72.8 Å². The monoisotopic (exact) mass is 360 g/mol. The number of hydrogen-bond acceptors (Lipinski definition) is 3. The SMILES string of the molecule is CCCc1ccc(NCc2ccc(C(=O)Nc3cccc(O)c3)cc2)cc1. The molecule has 0 atom stereocenters. The highest BCUT2D eigenvalue weighted by molar-refractivity contribution is 6.04. The summed E-state index contributed by atoms with van der Waals surface area (Å²) in [5.41, 5.74) is 4.68. The van der Waals surface area contributed by atoms with Crippen molar-refractivity contribution in [2.45, 2.75) is 26.3 Å². The maximum atomic E-state index is 12.3. The number of hydrogen-bond donors (Lipinski definition) is 3. The summed E-state index contributed by atoms with van der Waals surface area (Å²) in [6.07, 6.45) is 2.25. The van der Waals surface area contributed by atoms with Crippen LogP contribution >= 0.6 is 0 Å². The molecule has 4 heteroatoms. The van der Waals surface area contributed by atoms with E-state index in [-0.39, 0.29) is 11.7 Å². The molecular formula is C23H24N2O2. The van der Waals surface area contributed by atoms with E-state index in [1.807, 2.05) is 12.1 Å². The lowest BCUT2D eigenvalue weighted by atomic mass is 10.1. The van der Waals surface area contributed by atoms with Gasteiger partial charge in [-0.05, 0) is 53.9 Å². The van der Waals surface area contributed by atoms with E-state index in [2.05, 4.69) is 41.8 Å². The first-order valence-corrected chi connectivity index (χ1v) is 9.16. The Balaban J connectivity index is 1.55. The summed E-state index contributed by atoms with van der Waals surface area (Å²) in [6.45, 7) is 2.88. The highest BCUT2D eigenvalue weighted by atomic mass is 16.3. The first-order valence-electron chi connectivity index (χ1n) is 9.16. The molecule has 0 saturated carbocycles. The number of aryl methyl sites for hydroxylation is 1. The van der Waals surface area contributed by atoms with Crippen molar-refractivity contribution in [1.82, 2.24) is 0 Å². The van der Waals surface area contributed by atoms with Crippen molar-refractivity contribution < 1.29 is 9.90 Å². The molecule has 0 saturated heterocycles. The van der Waals surface area contributed by atoms with Gasteiger partial charge in [-0.2, -0.15) is 0 Å². The number of amides is 1. The Bertz CT molecular complexity index is 887. The molecule has 3 aromatic rings. The van der Waals surface area contributed by atoms with Gasteiger partial charge in [-0.3, -0.25) is 4.79 Å². The molecule has 0 bridgehead atoms. The third kappa shape index (κ3) is 5.35. The number of anilines is 2. The van der Waals surface area contributed by atoms with E-state index in [1.165, 1.54) is 11.6 Å². The van der Waals surface area contributed by atoms with Crippen LogP contribution in [0.2, 0.25) is 0 Å². The molecule has 3 aromatic carbocycles. The average Bonchev–Trinajstić information content (AvgIpc) is 2.68. The van der Waals surface area contributed by atoms with Gasteiger partial charge in [0.1, 0.15) is 5.75 Å². The molecule has 0 radical (unpaired) electrons. The number of benzene rings is 3. The fourth-order valence-corrected chi connectivity index (χ4v) is 2.84. The van der Waals surface area contributed by atoms with Gasteiger partial charge < -0.3 is 15.7 Å². The van der Waals surface area contributed by atoms with Crippen LogP contribution in [0.1, 0.15) is 34.8 Å². The van der Waals surface area contributed by atoms with E-state index >= 15 is 0 Å². The molecule has 0 heterocycles. The van der Waals surface area contributed by atoms with Crippen LogP contribution in [0.25, 0.3) is 0 Å². The molecular weight excluding hydrogens is 336 g/mol. The van der Waals surface area contributed by atoms with Crippen LogP contribution in [0.4, 0.5) is 11.4 Å². The van der Waals surface area contributed by atoms with E-state index in [4.69, 9.17) is 0 Å². The van der Waals surface area contributed by atoms with Crippen molar-refractivity contribution in [2.75, 3.05) is 10.6 Å². The van der Waals surface area contributed by atoms with Crippen molar-refractivity contribution in [3.8, 4) is 5.75 Å². The molecule has 0 aliphatic carbocycles. The molecule has 27 heavy (non-hydrogen) atoms. The van der Waals surface area contributed by atoms with Gasteiger partial charge in [0.15, 0.2) is 0 Å². The average molecular weight is 360 g/mol. The number of rotatable bonds is 7. The predicted molar refractivity (Wildman–Crippen MR) is 110 cm³/mol. The molecule has 0 aliphatic heterocycles. The Hall–Kier alpha value is -3.27. The maximum Gasteiger partial charge on any atom is 0.255 e. The van der Waals surface area contributed by atoms with Gasteiger partial charge in [0.25, 0.3) is 5.91 Å². The summed E-state index contributed by atoms with van der Waals surface area (Å²) in [5, 5.41) is 15.6. The number of aromatic hydroxyl groups is 1. The summed E-state index contributed by atoms with van der Waals surface area (Å²) in [5.74, 6) is -0.0800. The van der Waals surface area contributed by atoms with Crippen LogP contribution in [0, 0.1) is 0 Å². The molecule has 3 N–H and O–H groups in total. The van der Waals surface area contributed by atoms with Gasteiger partial charge in [-0.25, -0.2) is 0 Å². The quantitative estimate of drug-likeness (QED) is 0.542. The predicted octanol–water partition coefficient (Wildman–Crippen LogP) is 5.21. The van der Waals surface area contributed by atoms with Crippen molar-refractivity contribution in [2.24, 2.45) is 0 Å². The normalized spacial score (nSPS) is 10.4. The summed E-state index contributed by atoms with van der Waals surface area (Å²) >= 11 is 0. The van der Waals surface area contributed by atoms with Crippen molar-refractivity contribution >= 4 is 17.3 Å². The topological polar surface area (TPSA) is 61.4 Å². The lowest BCUT2D eigenvalue weighted by molar-refractivity contribution is 0.102. The van der Waals surface area contributed by atoms with E-state index < -0.39 is 0 Å². The smallest absolute Gasteiger partial charge is 0.255 e. The Labute approximate surface area is 159 Å². The van der Waals surface area contributed by atoms with E-state index in [1.54, 1.807) is 30.3 Å². The first-order chi connectivity index (χ1) is 13.1. The number of phenols is 1. The van der Waals surface area contributed by atoms with Crippen molar-refractivity contribution in [3.05, 3.63) is 89.5 Å². The van der Waals surface area contributed by atoms with Crippen LogP contribution in [0.5, 0.6) is 5.75 Å². The summed E-state index contributed by atoms with van der Waals surface area (Å²) in [7, 11) is 0. The zero-order valence-corrected chi connectivity index (χ0v) is 15.4. The Morgan fingerprint density at radius 2 is 1.59 bits per heavy atom. The summed E-state index contributed by atoms with van der Waals surface area (Å²) in [6, 6.07) is 22.5. The van der Waals surface area contributed by atoms with Gasteiger partial charge >= 0.3 is 0 Å². The third-order valence-electron chi connectivity index (χ3n) is 4.31. The minimum atomic E-state index is -0.202. The molecule has 4 nitrogen and oxygen atoms in total. The Kier molecular flexibility index (Phi) is 6.10. The minimum absolute atomic E-state index is 0.122. The van der Waals surface area contributed by atoms with Gasteiger partial charge in [-0.15, -0.1) is 0 Å². The van der Waals surface area contributed by atoms with Crippen LogP contribution < -0.4 is 10.6 Å². The Morgan fingerprint density at radius 1 is 0.889 bits per heavy atom. The van der Waals surface area contributed by atoms with Gasteiger partial charge in [0, 0.05) is 29.5 Å². The van der Waals surface area contributed by atoms with E-state index in [0.29, 0.717) is 17.8 Å². The molecule has 0 aliphatic rings. The second-order valence-corrected chi connectivity index (χ2v) is 6.50. The molecule has 3 rings (SSSR count). The summed E-state index contributed by atoms with van der Waals surface area (Å²) < 4.78 is 0. The fourth-order valence-electron chi connectivity index (χ4n) is 2.84. The van der Waals surface area contributed by atoms with Crippen LogP contribution in [-0.4, -0.2) is 11.0 Å². The molecule has 1 amide bonds. The lowest BCUT2D eigenvalue weighted by Crippen LogP contribution is -2.11. The molecule has 0 unspecified atom stereocenters. The van der Waals surface area contributed by atoms with E-state index in [9.17, 15) is 9.90 Å². The van der Waals surface area contributed by atoms with Gasteiger partial charge in [-0.1, -0.05) is 43.7 Å². The maximum absolute atomic E-state index is 12.3. The van der Waals surface area contributed by atoms with Crippen molar-refractivity contribution in [3.63, 3.8) is 0 Å². The van der Waals surface area contributed by atoms with Crippen LogP contribution in [-0.2, 0) is 13.0 Å². The summed E-state index contributed by atoms with van der Waals surface area (Å²) in [4.78, 5) is 12.3. The zero-order valence-electron chi connectivity index (χ0n) is 15.4. The largest absolute Gasteiger partial charge is 0.508 e. The van der Waals surface area contributed by atoms with Gasteiger partial charge in [0.2, 0.25) is 0 Å². The first kappa shape index (κ1) is 18.5. The molecule has 0 spiro atoms. The lowest BCUT2D eigenvalue weighted by Gasteiger charge is -2.09. The van der Waals surface area contributed by atoms with E-state index in [0.717, 1.165) is 24.1 Å². The Morgan fingerprint density at radius 3 is 2.26 bits per heavy atom. The zero-order chi connectivity index (χ0) is 19.1. The molecule has 0 aromatic heterocycles. The van der Waals surface area contributed by atoms with Crippen LogP contribution in [0.3, 0.4) is 0 Å². The fraction of sp³-hybridized carbons (Fsp3) is 0.174. The molecule has 0 fully saturated rings. The second kappa shape index (κ2) is 8.90. The minimum Gasteiger partial charge on any atom is -0.508 e. The number of nitrogens with one attached hydrogen (secondary N) is 2. The number of carbonyl (C=O) groups is 1. The highest BCUT2D eigenvalue weighted by Gasteiger charge is 2.06. The standard InChI is InChI=1S/C23H24N2O2/c1-2-4-17-9-13-20(14-10-17)24-16-18-7-11-19(12-8-18)23(27)25-21-5-3-6-22(26)15-21/h3,5-15,24,26H,2,4,16H2,1H3,(H,25,27). The van der Waals surface area contributed by atoms with Gasteiger partial charge in [0.05, 0.1) is 0 Å². The van der Waals surface area contributed by atoms with Crippen molar-refractivity contribution in [1.29, 1.82) is 0 Å².